The van der Waals surface area contributed by atoms with Crippen LogP contribution < -0.4 is 0 Å². The van der Waals surface area contributed by atoms with Crippen molar-refractivity contribution in [2.45, 2.75) is 26.4 Å². The molecular weight excluding hydrogens is 319 g/mol. The van der Waals surface area contributed by atoms with E-state index in [2.05, 4.69) is 0 Å². The van der Waals surface area contributed by atoms with Gasteiger partial charge in [-0.25, -0.2) is 4.79 Å². The lowest BCUT2D eigenvalue weighted by molar-refractivity contribution is 0.00670. The van der Waals surface area contributed by atoms with Gasteiger partial charge in [-0.2, -0.15) is 0 Å². The number of rotatable bonds is 2. The highest BCUT2D eigenvalue weighted by atomic mass is 127. The summed E-state index contributed by atoms with van der Waals surface area (Å²) < 4.78 is 5.96. The van der Waals surface area contributed by atoms with Crippen LogP contribution in [0.25, 0.3) is 0 Å². The van der Waals surface area contributed by atoms with E-state index in [1.54, 1.807) is 39.0 Å². The number of hydrogen-bond donors (Lipinski definition) is 0. The van der Waals surface area contributed by atoms with Gasteiger partial charge in [0.05, 0.1) is 5.56 Å². The highest BCUT2D eigenvalue weighted by Crippen LogP contribution is 2.19. The van der Waals surface area contributed by atoms with Crippen LogP contribution in [0.3, 0.4) is 0 Å². The van der Waals surface area contributed by atoms with Crippen LogP contribution in [-0.2, 0) is 4.74 Å². The van der Waals surface area contributed by atoms with Crippen molar-refractivity contribution in [2.24, 2.45) is 0 Å². The number of carbonyl (C=O) groups excluding carboxylic acids is 2. The van der Waals surface area contributed by atoms with Crippen molar-refractivity contribution in [1.82, 2.24) is 0 Å². The van der Waals surface area contributed by atoms with E-state index in [1.807, 2.05) is 22.6 Å². The molecule has 0 unspecified atom stereocenters. The van der Waals surface area contributed by atoms with Gasteiger partial charge in [0.1, 0.15) is 5.60 Å². The van der Waals surface area contributed by atoms with Crippen molar-refractivity contribution in [2.75, 3.05) is 0 Å². The van der Waals surface area contributed by atoms with Crippen molar-refractivity contribution < 1.29 is 14.3 Å². The molecule has 0 aliphatic carbocycles. The minimum atomic E-state index is -0.559. The Balaban J connectivity index is 3.12. The van der Waals surface area contributed by atoms with Gasteiger partial charge in [0.15, 0.2) is 6.29 Å². The third-order valence-electron chi connectivity index (χ3n) is 1.78. The first-order valence-corrected chi connectivity index (χ1v) is 5.90. The number of esters is 1. The lowest BCUT2D eigenvalue weighted by Crippen LogP contribution is -2.25. The van der Waals surface area contributed by atoms with E-state index in [4.69, 9.17) is 4.74 Å². The lowest BCUT2D eigenvalue weighted by atomic mass is 10.1. The summed E-state index contributed by atoms with van der Waals surface area (Å²) in [5, 5.41) is 0. The van der Waals surface area contributed by atoms with Gasteiger partial charge in [-0.05, 0) is 49.4 Å². The maximum Gasteiger partial charge on any atom is 0.340 e. The molecule has 1 aromatic rings. The molecule has 0 aliphatic rings. The zero-order valence-corrected chi connectivity index (χ0v) is 11.6. The van der Waals surface area contributed by atoms with Gasteiger partial charge < -0.3 is 4.74 Å². The minimum Gasteiger partial charge on any atom is -0.456 e. The molecule has 0 N–H and O–H groups in total. The lowest BCUT2D eigenvalue weighted by Gasteiger charge is -2.20. The van der Waals surface area contributed by atoms with Crippen molar-refractivity contribution in [3.63, 3.8) is 0 Å². The minimum absolute atomic E-state index is 0.341. The first kappa shape index (κ1) is 13.2. The van der Waals surface area contributed by atoms with Gasteiger partial charge in [0.2, 0.25) is 0 Å². The molecule has 0 saturated heterocycles. The van der Waals surface area contributed by atoms with Gasteiger partial charge in [-0.15, -0.1) is 0 Å². The normalized spacial score (nSPS) is 11.0. The molecule has 0 heterocycles. The second kappa shape index (κ2) is 4.95. The van der Waals surface area contributed by atoms with E-state index in [0.29, 0.717) is 17.4 Å². The van der Waals surface area contributed by atoms with Gasteiger partial charge in [-0.3, -0.25) is 4.79 Å². The average molecular weight is 332 g/mol. The van der Waals surface area contributed by atoms with Crippen LogP contribution in [0.1, 0.15) is 41.5 Å². The van der Waals surface area contributed by atoms with E-state index >= 15 is 0 Å². The molecule has 0 aliphatic heterocycles. The smallest absolute Gasteiger partial charge is 0.340 e. The second-order valence-corrected chi connectivity index (χ2v) is 5.49. The summed E-state index contributed by atoms with van der Waals surface area (Å²) in [4.78, 5) is 22.7. The molecule has 0 radical (unpaired) electrons. The Labute approximate surface area is 108 Å². The molecule has 0 fully saturated rings. The molecule has 0 aromatic heterocycles. The molecule has 0 spiro atoms. The Morgan fingerprint density at radius 3 is 2.50 bits per heavy atom. The predicted octanol–water partition coefficient (Wildman–Crippen LogP) is 3.06. The molecule has 0 bridgehead atoms. The molecule has 1 aromatic carbocycles. The number of hydrogen-bond acceptors (Lipinski definition) is 3. The third kappa shape index (κ3) is 3.30. The molecule has 1 rings (SSSR count). The van der Waals surface area contributed by atoms with E-state index < -0.39 is 11.6 Å². The largest absolute Gasteiger partial charge is 0.456 e. The second-order valence-electron chi connectivity index (χ2n) is 4.32. The highest BCUT2D eigenvalue weighted by molar-refractivity contribution is 14.1. The Kier molecular flexibility index (Phi) is 4.07. The number of aldehydes is 1. The topological polar surface area (TPSA) is 43.4 Å². The van der Waals surface area contributed by atoms with Gasteiger partial charge in [0.25, 0.3) is 0 Å². The molecule has 3 nitrogen and oxygen atoms in total. The van der Waals surface area contributed by atoms with Crippen molar-refractivity contribution in [3.8, 4) is 0 Å². The number of carbonyl (C=O) groups is 2. The standard InChI is InChI=1S/C12H13IO3/c1-12(2,3)16-11(15)10-8(7-14)5-4-6-9(10)13/h4-7H,1-3H3. The van der Waals surface area contributed by atoms with Crippen LogP contribution in [0, 0.1) is 3.57 Å². The summed E-state index contributed by atoms with van der Waals surface area (Å²) in [5.41, 5.74) is 0.144. The fourth-order valence-corrected chi connectivity index (χ4v) is 1.92. The average Bonchev–Trinajstić information content (AvgIpc) is 2.14. The third-order valence-corrected chi connectivity index (χ3v) is 2.67. The van der Waals surface area contributed by atoms with Crippen LogP contribution in [0.2, 0.25) is 0 Å². The fourth-order valence-electron chi connectivity index (χ4n) is 1.18. The number of halogens is 1. The molecule has 16 heavy (non-hydrogen) atoms. The van der Waals surface area contributed by atoms with Crippen LogP contribution in [0.4, 0.5) is 0 Å². The number of benzene rings is 1. The monoisotopic (exact) mass is 332 g/mol. The summed E-state index contributed by atoms with van der Waals surface area (Å²) in [5.74, 6) is -0.459. The van der Waals surface area contributed by atoms with Crippen LogP contribution in [-0.4, -0.2) is 17.9 Å². The fraction of sp³-hybridized carbons (Fsp3) is 0.333. The van der Waals surface area contributed by atoms with Gasteiger partial charge in [-0.1, -0.05) is 12.1 Å². The van der Waals surface area contributed by atoms with E-state index in [0.717, 1.165) is 3.57 Å². The Bertz CT molecular complexity index is 419. The van der Waals surface area contributed by atoms with Crippen LogP contribution in [0.15, 0.2) is 18.2 Å². The molecule has 86 valence electrons. The summed E-state index contributed by atoms with van der Waals surface area (Å²) in [6, 6.07) is 5.11. The maximum absolute atomic E-state index is 11.9. The van der Waals surface area contributed by atoms with E-state index in [-0.39, 0.29) is 0 Å². The molecule has 0 atom stereocenters. The Morgan fingerprint density at radius 2 is 2.00 bits per heavy atom. The molecular formula is C12H13IO3. The highest BCUT2D eigenvalue weighted by Gasteiger charge is 2.22. The molecule has 4 heteroatoms. The van der Waals surface area contributed by atoms with Crippen molar-refractivity contribution in [3.05, 3.63) is 32.9 Å². The van der Waals surface area contributed by atoms with Crippen molar-refractivity contribution in [1.29, 1.82) is 0 Å². The summed E-state index contributed by atoms with van der Waals surface area (Å²) in [7, 11) is 0. The van der Waals surface area contributed by atoms with Gasteiger partial charge >= 0.3 is 5.97 Å². The van der Waals surface area contributed by atoms with Crippen LogP contribution >= 0.6 is 22.6 Å². The Hall–Kier alpha value is -0.910. The zero-order chi connectivity index (χ0) is 12.3. The SMILES string of the molecule is CC(C)(C)OC(=O)c1c(I)cccc1C=O. The first-order valence-electron chi connectivity index (χ1n) is 4.82. The van der Waals surface area contributed by atoms with Crippen LogP contribution in [0.5, 0.6) is 0 Å². The Morgan fingerprint density at radius 1 is 1.38 bits per heavy atom. The summed E-state index contributed by atoms with van der Waals surface area (Å²) in [6.07, 6.45) is 0.668. The number of ether oxygens (including phenoxy) is 1. The summed E-state index contributed by atoms with van der Waals surface area (Å²) in [6.45, 7) is 5.38. The molecule has 0 amide bonds. The first-order chi connectivity index (χ1) is 7.35. The van der Waals surface area contributed by atoms with E-state index in [1.165, 1.54) is 0 Å². The molecule has 0 saturated carbocycles. The van der Waals surface area contributed by atoms with E-state index in [9.17, 15) is 9.59 Å². The quantitative estimate of drug-likeness (QED) is 0.475. The summed E-state index contributed by atoms with van der Waals surface area (Å²) >= 11 is 2.02. The van der Waals surface area contributed by atoms with Gasteiger partial charge in [0, 0.05) is 9.13 Å². The van der Waals surface area contributed by atoms with Crippen molar-refractivity contribution >= 4 is 34.8 Å². The predicted molar refractivity (Wildman–Crippen MR) is 69.7 cm³/mol. The maximum atomic E-state index is 11.9. The zero-order valence-electron chi connectivity index (χ0n) is 9.41.